The molecule has 1 heterocycles. The lowest BCUT2D eigenvalue weighted by Crippen LogP contribution is -2.25. The zero-order valence-corrected chi connectivity index (χ0v) is 14.9. The van der Waals surface area contributed by atoms with E-state index < -0.39 is 0 Å². The van der Waals surface area contributed by atoms with Crippen molar-refractivity contribution in [2.75, 3.05) is 11.9 Å². The molecule has 0 fully saturated rings. The molecule has 0 saturated heterocycles. The zero-order valence-electron chi connectivity index (χ0n) is 14.9. The minimum Gasteiger partial charge on any atom is -0.351 e. The third-order valence-corrected chi connectivity index (χ3v) is 3.78. The predicted molar refractivity (Wildman–Crippen MR) is 97.8 cm³/mol. The van der Waals surface area contributed by atoms with E-state index in [-0.39, 0.29) is 5.91 Å². The van der Waals surface area contributed by atoms with E-state index in [1.165, 1.54) is 5.56 Å². The monoisotopic (exact) mass is 326 g/mol. The van der Waals surface area contributed by atoms with E-state index in [9.17, 15) is 4.79 Å². The third-order valence-electron chi connectivity index (χ3n) is 3.78. The number of unbranched alkanes of at least 4 members (excludes halogenated alkanes) is 2. The summed E-state index contributed by atoms with van der Waals surface area (Å²) in [6.07, 6.45) is 3.23. The van der Waals surface area contributed by atoms with Crippen LogP contribution in [0.2, 0.25) is 0 Å². The molecule has 2 aromatic rings. The summed E-state index contributed by atoms with van der Waals surface area (Å²) in [5.74, 6) is 1.05. The summed E-state index contributed by atoms with van der Waals surface area (Å²) < 4.78 is 0. The van der Waals surface area contributed by atoms with Crippen LogP contribution in [-0.2, 0) is 0 Å². The Labute approximate surface area is 143 Å². The maximum atomic E-state index is 12.2. The van der Waals surface area contributed by atoms with Gasteiger partial charge >= 0.3 is 0 Å². The Morgan fingerprint density at radius 3 is 2.58 bits per heavy atom. The van der Waals surface area contributed by atoms with Crippen LogP contribution in [0, 0.1) is 20.8 Å². The minimum atomic E-state index is -0.153. The van der Waals surface area contributed by atoms with Gasteiger partial charge < -0.3 is 10.6 Å². The van der Waals surface area contributed by atoms with E-state index >= 15 is 0 Å². The third kappa shape index (κ3) is 5.05. The van der Waals surface area contributed by atoms with Crippen LogP contribution in [0.1, 0.15) is 53.6 Å². The maximum Gasteiger partial charge on any atom is 0.270 e. The summed E-state index contributed by atoms with van der Waals surface area (Å²) >= 11 is 0. The van der Waals surface area contributed by atoms with E-state index in [0.717, 1.165) is 30.5 Å². The molecule has 0 bridgehead atoms. The molecule has 24 heavy (non-hydrogen) atoms. The quantitative estimate of drug-likeness (QED) is 0.753. The molecule has 0 saturated carbocycles. The number of benzene rings is 1. The van der Waals surface area contributed by atoms with Gasteiger partial charge in [-0.2, -0.15) is 0 Å². The number of carbonyl (C=O) groups is 1. The molecule has 0 aliphatic rings. The molecule has 0 unspecified atom stereocenters. The van der Waals surface area contributed by atoms with Crippen LogP contribution in [0.5, 0.6) is 0 Å². The number of carbonyl (C=O) groups excluding carboxylic acids is 1. The fraction of sp³-hybridized carbons (Fsp3) is 0.421. The van der Waals surface area contributed by atoms with Crippen molar-refractivity contribution in [3.8, 4) is 0 Å². The molecule has 1 amide bonds. The first-order chi connectivity index (χ1) is 11.5. The number of rotatable bonds is 7. The van der Waals surface area contributed by atoms with Crippen molar-refractivity contribution in [2.45, 2.75) is 47.0 Å². The van der Waals surface area contributed by atoms with Crippen LogP contribution in [-0.4, -0.2) is 22.4 Å². The Bertz CT molecular complexity index is 713. The van der Waals surface area contributed by atoms with Gasteiger partial charge in [-0.25, -0.2) is 9.97 Å². The van der Waals surface area contributed by atoms with Crippen LogP contribution in [0.15, 0.2) is 24.3 Å². The molecular formula is C19H26N4O. The second-order valence-electron chi connectivity index (χ2n) is 6.09. The van der Waals surface area contributed by atoms with Crippen LogP contribution in [0.25, 0.3) is 0 Å². The molecule has 0 aliphatic heterocycles. The van der Waals surface area contributed by atoms with Gasteiger partial charge in [0.1, 0.15) is 17.3 Å². The highest BCUT2D eigenvalue weighted by Crippen LogP contribution is 2.20. The maximum absolute atomic E-state index is 12.2. The first-order valence-corrected chi connectivity index (χ1v) is 8.47. The molecule has 0 spiro atoms. The number of amides is 1. The van der Waals surface area contributed by atoms with Gasteiger partial charge in [0.15, 0.2) is 0 Å². The SMILES string of the molecule is CCCCCNC(=O)c1cc(Nc2ccc(C)cc2C)nc(C)n1. The summed E-state index contributed by atoms with van der Waals surface area (Å²) in [4.78, 5) is 20.9. The fourth-order valence-electron chi connectivity index (χ4n) is 2.51. The first kappa shape index (κ1) is 17.9. The average molecular weight is 326 g/mol. The normalized spacial score (nSPS) is 10.5. The van der Waals surface area contributed by atoms with Gasteiger partial charge in [0.05, 0.1) is 0 Å². The molecule has 5 nitrogen and oxygen atoms in total. The van der Waals surface area contributed by atoms with Crippen LogP contribution in [0.3, 0.4) is 0 Å². The van der Waals surface area contributed by atoms with E-state index in [2.05, 4.69) is 40.5 Å². The van der Waals surface area contributed by atoms with E-state index in [1.807, 2.05) is 19.1 Å². The van der Waals surface area contributed by atoms with Crippen molar-refractivity contribution in [2.24, 2.45) is 0 Å². The number of aromatic nitrogens is 2. The molecule has 0 atom stereocenters. The molecule has 0 aliphatic carbocycles. The van der Waals surface area contributed by atoms with Crippen molar-refractivity contribution < 1.29 is 4.79 Å². The van der Waals surface area contributed by atoms with Crippen molar-refractivity contribution in [3.63, 3.8) is 0 Å². The molecule has 2 rings (SSSR count). The highest BCUT2D eigenvalue weighted by molar-refractivity contribution is 5.93. The largest absolute Gasteiger partial charge is 0.351 e. The van der Waals surface area contributed by atoms with Gasteiger partial charge in [-0.15, -0.1) is 0 Å². The van der Waals surface area contributed by atoms with Gasteiger partial charge in [0, 0.05) is 18.3 Å². The Hall–Kier alpha value is -2.43. The standard InChI is InChI=1S/C19H26N4O/c1-5-6-7-10-20-19(24)17-12-18(22-15(4)21-17)23-16-9-8-13(2)11-14(16)3/h8-9,11-12H,5-7,10H2,1-4H3,(H,20,24)(H,21,22,23). The zero-order chi connectivity index (χ0) is 17.5. The first-order valence-electron chi connectivity index (χ1n) is 8.47. The molecule has 1 aromatic carbocycles. The Morgan fingerprint density at radius 1 is 1.08 bits per heavy atom. The lowest BCUT2D eigenvalue weighted by Gasteiger charge is -2.11. The molecule has 1 aromatic heterocycles. The fourth-order valence-corrected chi connectivity index (χ4v) is 2.51. The summed E-state index contributed by atoms with van der Waals surface area (Å²) in [5, 5.41) is 6.19. The Kier molecular flexibility index (Phi) is 6.29. The second-order valence-corrected chi connectivity index (χ2v) is 6.09. The second kappa shape index (κ2) is 8.43. The van der Waals surface area contributed by atoms with Crippen LogP contribution >= 0.6 is 0 Å². The van der Waals surface area contributed by atoms with Gasteiger partial charge in [0.2, 0.25) is 0 Å². The predicted octanol–water partition coefficient (Wildman–Crippen LogP) is 4.07. The lowest BCUT2D eigenvalue weighted by atomic mass is 10.1. The number of hydrogen-bond acceptors (Lipinski definition) is 4. The van der Waals surface area contributed by atoms with E-state index in [4.69, 9.17) is 0 Å². The smallest absolute Gasteiger partial charge is 0.270 e. The average Bonchev–Trinajstić information content (AvgIpc) is 2.53. The number of hydrogen-bond donors (Lipinski definition) is 2. The highest BCUT2D eigenvalue weighted by atomic mass is 16.1. The number of aryl methyl sites for hydroxylation is 3. The summed E-state index contributed by atoms with van der Waals surface area (Å²) in [7, 11) is 0. The number of nitrogens with one attached hydrogen (secondary N) is 2. The van der Waals surface area contributed by atoms with Crippen molar-refractivity contribution in [1.29, 1.82) is 0 Å². The topological polar surface area (TPSA) is 66.9 Å². The molecule has 5 heteroatoms. The molecular weight excluding hydrogens is 300 g/mol. The number of nitrogens with zero attached hydrogens (tertiary/aromatic N) is 2. The summed E-state index contributed by atoms with van der Waals surface area (Å²) in [5.41, 5.74) is 3.72. The van der Waals surface area contributed by atoms with Crippen LogP contribution < -0.4 is 10.6 Å². The van der Waals surface area contributed by atoms with Crippen LogP contribution in [0.4, 0.5) is 11.5 Å². The highest BCUT2D eigenvalue weighted by Gasteiger charge is 2.10. The Balaban J connectivity index is 2.11. The summed E-state index contributed by atoms with van der Waals surface area (Å²) in [6, 6.07) is 7.87. The van der Waals surface area contributed by atoms with Gasteiger partial charge in [-0.05, 0) is 38.8 Å². The Morgan fingerprint density at radius 2 is 1.88 bits per heavy atom. The van der Waals surface area contributed by atoms with Gasteiger partial charge in [-0.3, -0.25) is 4.79 Å². The van der Waals surface area contributed by atoms with Crippen molar-refractivity contribution in [3.05, 3.63) is 46.9 Å². The molecule has 2 N–H and O–H groups in total. The molecule has 128 valence electrons. The van der Waals surface area contributed by atoms with Crippen molar-refractivity contribution in [1.82, 2.24) is 15.3 Å². The van der Waals surface area contributed by atoms with E-state index in [1.54, 1.807) is 13.0 Å². The molecule has 0 radical (unpaired) electrons. The van der Waals surface area contributed by atoms with Gasteiger partial charge in [-0.1, -0.05) is 37.5 Å². The lowest BCUT2D eigenvalue weighted by molar-refractivity contribution is 0.0947. The number of anilines is 2. The summed E-state index contributed by atoms with van der Waals surface area (Å²) in [6.45, 7) is 8.72. The van der Waals surface area contributed by atoms with Crippen molar-refractivity contribution >= 4 is 17.4 Å². The minimum absolute atomic E-state index is 0.153. The van der Waals surface area contributed by atoms with Gasteiger partial charge in [0.25, 0.3) is 5.91 Å². The van der Waals surface area contributed by atoms with E-state index in [0.29, 0.717) is 23.9 Å².